The van der Waals surface area contributed by atoms with Gasteiger partial charge in [0.05, 0.1) is 5.92 Å². The minimum atomic E-state index is -2.60. The molecule has 0 radical (unpaired) electrons. The van der Waals surface area contributed by atoms with Crippen molar-refractivity contribution >= 4 is 22.6 Å². The lowest BCUT2D eigenvalue weighted by molar-refractivity contribution is -0.142. The van der Waals surface area contributed by atoms with Gasteiger partial charge >= 0.3 is 0 Å². The smallest absolute Gasteiger partial charge is 0.251 e. The molecule has 3 rings (SSSR count). The highest BCUT2D eigenvalue weighted by Crippen LogP contribution is 2.31. The first-order valence-electron chi connectivity index (χ1n) is 6.66. The first-order valence-corrected chi connectivity index (χ1v) is 7.44. The molecule has 3 heterocycles. The molecule has 2 fully saturated rings. The molecule has 2 saturated heterocycles. The lowest BCUT2D eigenvalue weighted by atomic mass is 9.97. The Morgan fingerprint density at radius 1 is 1.35 bits per heavy atom. The maximum Gasteiger partial charge on any atom is 0.251 e. The standard InChI is InChI=1S/C12H16F2N4OS/c1-8-15-11(20-16-8)18-6-9(7-18)10(19)17-4-2-12(13,14)3-5-17/h9H,2-7H2,1H3. The molecule has 2 aliphatic rings. The van der Waals surface area contributed by atoms with E-state index in [9.17, 15) is 13.6 Å². The molecule has 0 aliphatic carbocycles. The van der Waals surface area contributed by atoms with Gasteiger partial charge < -0.3 is 9.80 Å². The quantitative estimate of drug-likeness (QED) is 0.831. The average Bonchev–Trinajstić information content (AvgIpc) is 2.73. The van der Waals surface area contributed by atoms with E-state index >= 15 is 0 Å². The van der Waals surface area contributed by atoms with Crippen LogP contribution in [0.5, 0.6) is 0 Å². The zero-order chi connectivity index (χ0) is 14.3. The Balaban J connectivity index is 1.51. The first kappa shape index (κ1) is 13.7. The van der Waals surface area contributed by atoms with Crippen molar-refractivity contribution in [2.75, 3.05) is 31.1 Å². The van der Waals surface area contributed by atoms with Gasteiger partial charge in [-0.3, -0.25) is 4.79 Å². The highest BCUT2D eigenvalue weighted by atomic mass is 32.1. The molecule has 0 spiro atoms. The van der Waals surface area contributed by atoms with Crippen molar-refractivity contribution in [1.29, 1.82) is 0 Å². The van der Waals surface area contributed by atoms with Crippen LogP contribution < -0.4 is 4.90 Å². The van der Waals surface area contributed by atoms with Crippen molar-refractivity contribution in [3.8, 4) is 0 Å². The van der Waals surface area contributed by atoms with Crippen LogP contribution in [0.1, 0.15) is 18.7 Å². The van der Waals surface area contributed by atoms with E-state index in [1.807, 2.05) is 11.8 Å². The average molecular weight is 302 g/mol. The number of hydrogen-bond acceptors (Lipinski definition) is 5. The van der Waals surface area contributed by atoms with Gasteiger partial charge in [-0.1, -0.05) is 0 Å². The second kappa shape index (κ2) is 4.91. The zero-order valence-corrected chi connectivity index (χ0v) is 12.0. The van der Waals surface area contributed by atoms with Crippen molar-refractivity contribution in [1.82, 2.24) is 14.3 Å². The molecular weight excluding hydrogens is 286 g/mol. The fraction of sp³-hybridized carbons (Fsp3) is 0.750. The number of carbonyl (C=O) groups excluding carboxylic acids is 1. The number of hydrogen-bond donors (Lipinski definition) is 0. The van der Waals surface area contributed by atoms with Gasteiger partial charge in [0.2, 0.25) is 11.0 Å². The third-order valence-electron chi connectivity index (χ3n) is 3.82. The van der Waals surface area contributed by atoms with Crippen LogP contribution in [0.25, 0.3) is 0 Å². The predicted molar refractivity (Wildman–Crippen MR) is 71.1 cm³/mol. The number of anilines is 1. The number of halogens is 2. The minimum absolute atomic E-state index is 0.00186. The van der Waals surface area contributed by atoms with E-state index in [0.717, 1.165) is 11.0 Å². The van der Waals surface area contributed by atoms with E-state index in [1.165, 1.54) is 11.5 Å². The second-order valence-electron chi connectivity index (χ2n) is 5.41. The minimum Gasteiger partial charge on any atom is -0.345 e. The number of rotatable bonds is 2. The van der Waals surface area contributed by atoms with Gasteiger partial charge in [0, 0.05) is 50.6 Å². The Kier molecular flexibility index (Phi) is 3.35. The molecule has 1 aromatic heterocycles. The Bertz CT molecular complexity index is 505. The monoisotopic (exact) mass is 302 g/mol. The molecule has 1 aromatic rings. The first-order chi connectivity index (χ1) is 9.44. The Labute approximate surface area is 119 Å². The highest BCUT2D eigenvalue weighted by Gasteiger charge is 2.41. The Morgan fingerprint density at radius 3 is 2.55 bits per heavy atom. The van der Waals surface area contributed by atoms with Crippen LogP contribution in [0.2, 0.25) is 0 Å². The number of nitrogens with zero attached hydrogens (tertiary/aromatic N) is 4. The number of piperidine rings is 1. The maximum absolute atomic E-state index is 13.1. The van der Waals surface area contributed by atoms with Crippen molar-refractivity contribution < 1.29 is 13.6 Å². The fourth-order valence-corrected chi connectivity index (χ4v) is 3.21. The predicted octanol–water partition coefficient (Wildman–Crippen LogP) is 1.54. The summed E-state index contributed by atoms with van der Waals surface area (Å²) >= 11 is 1.32. The van der Waals surface area contributed by atoms with Crippen LogP contribution in [0.3, 0.4) is 0 Å². The number of alkyl halides is 2. The molecule has 2 aliphatic heterocycles. The van der Waals surface area contributed by atoms with E-state index in [-0.39, 0.29) is 37.8 Å². The lowest BCUT2D eigenvalue weighted by Gasteiger charge is -2.41. The van der Waals surface area contributed by atoms with Crippen molar-refractivity contribution in [3.05, 3.63) is 5.82 Å². The second-order valence-corrected chi connectivity index (χ2v) is 6.14. The van der Waals surface area contributed by atoms with Crippen molar-refractivity contribution in [3.63, 3.8) is 0 Å². The van der Waals surface area contributed by atoms with Crippen LogP contribution in [-0.2, 0) is 4.79 Å². The van der Waals surface area contributed by atoms with Gasteiger partial charge in [-0.15, -0.1) is 0 Å². The van der Waals surface area contributed by atoms with Crippen LogP contribution >= 0.6 is 11.5 Å². The van der Waals surface area contributed by atoms with E-state index in [2.05, 4.69) is 9.36 Å². The molecular formula is C12H16F2N4OS. The Hall–Kier alpha value is -1.31. The van der Waals surface area contributed by atoms with Crippen LogP contribution in [0.15, 0.2) is 0 Å². The fourth-order valence-electron chi connectivity index (χ4n) is 2.52. The van der Waals surface area contributed by atoms with Crippen LogP contribution in [0, 0.1) is 12.8 Å². The summed E-state index contributed by atoms with van der Waals surface area (Å²) in [5, 5.41) is 0.830. The summed E-state index contributed by atoms with van der Waals surface area (Å²) in [6.45, 7) is 3.39. The summed E-state index contributed by atoms with van der Waals surface area (Å²) in [7, 11) is 0. The normalized spacial score (nSPS) is 22.8. The molecule has 0 unspecified atom stereocenters. The highest BCUT2D eigenvalue weighted by molar-refractivity contribution is 7.09. The summed E-state index contributed by atoms with van der Waals surface area (Å²) < 4.78 is 30.2. The number of carbonyl (C=O) groups is 1. The summed E-state index contributed by atoms with van der Waals surface area (Å²) in [6.07, 6.45) is -0.435. The molecule has 0 saturated carbocycles. The van der Waals surface area contributed by atoms with Gasteiger partial charge in [-0.05, 0) is 6.92 Å². The van der Waals surface area contributed by atoms with Crippen LogP contribution in [0.4, 0.5) is 13.9 Å². The lowest BCUT2D eigenvalue weighted by Crippen LogP contribution is -2.56. The third-order valence-corrected chi connectivity index (χ3v) is 4.69. The zero-order valence-electron chi connectivity index (χ0n) is 11.2. The van der Waals surface area contributed by atoms with E-state index in [4.69, 9.17) is 0 Å². The number of likely N-dealkylation sites (tertiary alicyclic amines) is 1. The van der Waals surface area contributed by atoms with Crippen LogP contribution in [-0.4, -0.2) is 52.3 Å². The topological polar surface area (TPSA) is 49.3 Å². The summed E-state index contributed by atoms with van der Waals surface area (Å²) in [5.74, 6) is -1.96. The molecule has 5 nitrogen and oxygen atoms in total. The summed E-state index contributed by atoms with van der Waals surface area (Å²) in [4.78, 5) is 20.0. The molecule has 8 heteroatoms. The summed E-state index contributed by atoms with van der Waals surface area (Å²) in [5.41, 5.74) is 0. The van der Waals surface area contributed by atoms with E-state index in [0.29, 0.717) is 13.1 Å². The largest absolute Gasteiger partial charge is 0.345 e. The molecule has 0 atom stereocenters. The van der Waals surface area contributed by atoms with Gasteiger partial charge in [0.25, 0.3) is 5.92 Å². The van der Waals surface area contributed by atoms with Crippen molar-refractivity contribution in [2.24, 2.45) is 5.92 Å². The summed E-state index contributed by atoms with van der Waals surface area (Å²) in [6, 6.07) is 0. The van der Waals surface area contributed by atoms with Gasteiger partial charge in [0.1, 0.15) is 5.82 Å². The van der Waals surface area contributed by atoms with E-state index in [1.54, 1.807) is 4.90 Å². The van der Waals surface area contributed by atoms with E-state index < -0.39 is 5.92 Å². The molecule has 0 N–H and O–H groups in total. The maximum atomic E-state index is 13.1. The third kappa shape index (κ3) is 2.61. The van der Waals surface area contributed by atoms with Crippen molar-refractivity contribution in [2.45, 2.75) is 25.7 Å². The van der Waals surface area contributed by atoms with Gasteiger partial charge in [-0.2, -0.15) is 4.37 Å². The molecule has 1 amide bonds. The van der Waals surface area contributed by atoms with Gasteiger partial charge in [-0.25, -0.2) is 13.8 Å². The number of amides is 1. The Morgan fingerprint density at radius 2 is 2.00 bits per heavy atom. The SMILES string of the molecule is Cc1nsc(N2CC(C(=O)N3CCC(F)(F)CC3)C2)n1. The van der Waals surface area contributed by atoms with Gasteiger partial charge in [0.15, 0.2) is 0 Å². The molecule has 110 valence electrons. The molecule has 0 aromatic carbocycles. The number of aromatic nitrogens is 2. The molecule has 20 heavy (non-hydrogen) atoms. The number of aryl methyl sites for hydroxylation is 1. The molecule has 0 bridgehead atoms.